The van der Waals surface area contributed by atoms with Crippen LogP contribution in [-0.4, -0.2) is 52.3 Å². The van der Waals surface area contributed by atoms with Crippen LogP contribution in [0, 0.1) is 4.78 Å². The highest BCUT2D eigenvalue weighted by molar-refractivity contribution is 7.92. The summed E-state index contributed by atoms with van der Waals surface area (Å²) in [6, 6.07) is 8.04. The van der Waals surface area contributed by atoms with E-state index in [1.807, 2.05) is 18.3 Å². The summed E-state index contributed by atoms with van der Waals surface area (Å²) in [7, 11) is -0.648. The molecule has 118 valence electrons. The molecule has 1 saturated heterocycles. The van der Waals surface area contributed by atoms with Gasteiger partial charge in [-0.05, 0) is 30.2 Å². The number of nitrogens with zero attached hydrogens (tertiary/aromatic N) is 2. The van der Waals surface area contributed by atoms with Gasteiger partial charge in [-0.3, -0.25) is 9.76 Å². The number of hydrogen-bond acceptors (Lipinski definition) is 5. The summed E-state index contributed by atoms with van der Waals surface area (Å²) in [5, 5.41) is 1.16. The number of methoxy groups -OCH3 is 1. The molecule has 1 aliphatic heterocycles. The van der Waals surface area contributed by atoms with Gasteiger partial charge in [0, 0.05) is 58.5 Å². The Kier molecular flexibility index (Phi) is 4.31. The first-order valence-corrected chi connectivity index (χ1v) is 9.35. The largest absolute Gasteiger partial charge is 0.497 e. The molecule has 0 radical (unpaired) electrons. The van der Waals surface area contributed by atoms with Gasteiger partial charge in [-0.2, -0.15) is 0 Å². The summed E-state index contributed by atoms with van der Waals surface area (Å²) in [5.41, 5.74) is 2.22. The summed E-state index contributed by atoms with van der Waals surface area (Å²) in [4.78, 5) is 6.71. The quantitative estimate of drug-likeness (QED) is 0.938. The molecule has 0 atom stereocenters. The molecule has 2 heterocycles. The maximum atomic E-state index is 11.7. The fourth-order valence-corrected chi connectivity index (χ4v) is 4.11. The van der Waals surface area contributed by atoms with Crippen LogP contribution in [-0.2, 0) is 16.1 Å². The summed E-state index contributed by atoms with van der Waals surface area (Å²) in [6.07, 6.45) is 2.77. The zero-order valence-electron chi connectivity index (χ0n) is 12.7. The van der Waals surface area contributed by atoms with Gasteiger partial charge < -0.3 is 9.64 Å². The van der Waals surface area contributed by atoms with E-state index in [9.17, 15) is 4.21 Å². The first-order chi connectivity index (χ1) is 10.6. The van der Waals surface area contributed by atoms with E-state index in [1.165, 1.54) is 5.56 Å². The van der Waals surface area contributed by atoms with Gasteiger partial charge in [-0.1, -0.05) is 0 Å². The molecule has 0 bridgehead atoms. The summed E-state index contributed by atoms with van der Waals surface area (Å²) in [5.74, 6) is 1.82. The van der Waals surface area contributed by atoms with Gasteiger partial charge in [0.1, 0.15) is 5.75 Å². The molecule has 1 aromatic carbocycles. The Morgan fingerprint density at radius 2 is 2.09 bits per heavy atom. The van der Waals surface area contributed by atoms with Crippen molar-refractivity contribution in [3.05, 3.63) is 36.0 Å². The molecule has 0 amide bonds. The Morgan fingerprint density at radius 1 is 1.32 bits per heavy atom. The van der Waals surface area contributed by atoms with Crippen LogP contribution in [0.1, 0.15) is 5.56 Å². The maximum absolute atomic E-state index is 11.7. The van der Waals surface area contributed by atoms with Crippen LogP contribution in [0.4, 0.5) is 0 Å². The van der Waals surface area contributed by atoms with Crippen LogP contribution in [0.2, 0.25) is 0 Å². The Bertz CT molecular complexity index is 760. The lowest BCUT2D eigenvalue weighted by atomic mass is 10.1. The molecule has 1 fully saturated rings. The number of ether oxygens (including phenoxy) is 1. The average Bonchev–Trinajstić information content (AvgIpc) is 2.53. The molecule has 3 rings (SSSR count). The van der Waals surface area contributed by atoms with Crippen molar-refractivity contribution in [2.24, 2.45) is 0 Å². The van der Waals surface area contributed by atoms with E-state index in [0.717, 1.165) is 42.7 Å². The van der Waals surface area contributed by atoms with E-state index in [-0.39, 0.29) is 0 Å². The van der Waals surface area contributed by atoms with Crippen molar-refractivity contribution in [2.45, 2.75) is 6.42 Å². The molecule has 22 heavy (non-hydrogen) atoms. The van der Waals surface area contributed by atoms with Crippen LogP contribution in [0.15, 0.2) is 30.5 Å². The maximum Gasteiger partial charge on any atom is 0.121 e. The number of benzene rings is 1. The Balaban J connectivity index is 1.72. The van der Waals surface area contributed by atoms with Gasteiger partial charge in [-0.15, -0.1) is 0 Å². The number of hydrogen-bond donors (Lipinski definition) is 1. The minimum Gasteiger partial charge on any atom is -0.497 e. The lowest BCUT2D eigenvalue weighted by Gasteiger charge is -2.27. The van der Waals surface area contributed by atoms with Gasteiger partial charge in [0.05, 0.1) is 12.6 Å². The zero-order valence-corrected chi connectivity index (χ0v) is 13.6. The second-order valence-electron chi connectivity index (χ2n) is 5.66. The lowest BCUT2D eigenvalue weighted by molar-refractivity contribution is 0.302. The molecule has 1 N–H and O–H groups in total. The number of nitrogens with one attached hydrogen (secondary N) is 1. The first-order valence-electron chi connectivity index (χ1n) is 7.45. The summed E-state index contributed by atoms with van der Waals surface area (Å²) >= 11 is 0. The highest BCUT2D eigenvalue weighted by atomic mass is 32.2. The highest BCUT2D eigenvalue weighted by Crippen LogP contribution is 2.22. The average molecular weight is 319 g/mol. The number of pyridine rings is 1. The van der Waals surface area contributed by atoms with Crippen molar-refractivity contribution in [3.63, 3.8) is 0 Å². The SMILES string of the molecule is COc1ccc2c(CCN3CCS(=N)(=O)CC3)ccnc2c1. The molecule has 0 unspecified atom stereocenters. The second kappa shape index (κ2) is 6.22. The predicted octanol–water partition coefficient (Wildman–Crippen LogP) is 2.15. The minimum atomic E-state index is -2.31. The van der Waals surface area contributed by atoms with Crippen molar-refractivity contribution in [1.29, 1.82) is 4.78 Å². The molecule has 5 nitrogen and oxygen atoms in total. The Labute approximate surface area is 131 Å². The lowest BCUT2D eigenvalue weighted by Crippen LogP contribution is -2.40. The Morgan fingerprint density at radius 3 is 2.82 bits per heavy atom. The second-order valence-corrected chi connectivity index (χ2v) is 8.11. The molecule has 1 aliphatic rings. The summed E-state index contributed by atoms with van der Waals surface area (Å²) in [6.45, 7) is 2.46. The normalized spacial score (nSPS) is 18.4. The minimum absolute atomic E-state index is 0.501. The van der Waals surface area contributed by atoms with Crippen LogP contribution in [0.5, 0.6) is 5.75 Å². The van der Waals surface area contributed by atoms with E-state index in [0.29, 0.717) is 11.5 Å². The topological polar surface area (TPSA) is 66.3 Å². The molecule has 6 heteroatoms. The monoisotopic (exact) mass is 319 g/mol. The fourth-order valence-electron chi connectivity index (χ4n) is 2.80. The third-order valence-electron chi connectivity index (χ3n) is 4.21. The molecular weight excluding hydrogens is 298 g/mol. The third kappa shape index (κ3) is 3.39. The van der Waals surface area contributed by atoms with Crippen molar-refractivity contribution in [2.75, 3.05) is 38.2 Å². The zero-order chi connectivity index (χ0) is 15.6. The van der Waals surface area contributed by atoms with Gasteiger partial charge in [0.25, 0.3) is 0 Å². The number of rotatable bonds is 4. The highest BCUT2D eigenvalue weighted by Gasteiger charge is 2.18. The van der Waals surface area contributed by atoms with E-state index in [1.54, 1.807) is 7.11 Å². The van der Waals surface area contributed by atoms with Gasteiger partial charge in [0.15, 0.2) is 0 Å². The van der Waals surface area contributed by atoms with Crippen molar-refractivity contribution >= 4 is 20.6 Å². The van der Waals surface area contributed by atoms with Crippen LogP contribution in [0.3, 0.4) is 0 Å². The first kappa shape index (κ1) is 15.2. The molecule has 2 aromatic rings. The number of fused-ring (bicyclic) bond motifs is 1. The van der Waals surface area contributed by atoms with Gasteiger partial charge in [-0.25, -0.2) is 4.21 Å². The molecule has 0 spiro atoms. The molecule has 0 aliphatic carbocycles. The molecule has 0 saturated carbocycles. The van der Waals surface area contributed by atoms with E-state index < -0.39 is 9.73 Å². The third-order valence-corrected chi connectivity index (χ3v) is 5.90. The Hall–Kier alpha value is -1.66. The number of aromatic nitrogens is 1. The van der Waals surface area contributed by atoms with Gasteiger partial charge >= 0.3 is 0 Å². The fraction of sp³-hybridized carbons (Fsp3) is 0.438. The van der Waals surface area contributed by atoms with E-state index >= 15 is 0 Å². The van der Waals surface area contributed by atoms with Crippen molar-refractivity contribution < 1.29 is 8.95 Å². The van der Waals surface area contributed by atoms with Crippen molar-refractivity contribution in [1.82, 2.24) is 9.88 Å². The van der Waals surface area contributed by atoms with Gasteiger partial charge in [0.2, 0.25) is 0 Å². The standard InChI is InChI=1S/C16H21N3O2S/c1-21-14-2-3-15-13(4-6-18-16(15)12-14)5-7-19-8-10-22(17,20)11-9-19/h2-4,6,12,17H,5,7-11H2,1H3. The predicted molar refractivity (Wildman–Crippen MR) is 89.0 cm³/mol. The van der Waals surface area contributed by atoms with E-state index in [2.05, 4.69) is 22.0 Å². The summed E-state index contributed by atoms with van der Waals surface area (Å²) < 4.78 is 24.6. The smallest absolute Gasteiger partial charge is 0.121 e. The molecular formula is C16H21N3O2S. The van der Waals surface area contributed by atoms with Crippen LogP contribution >= 0.6 is 0 Å². The van der Waals surface area contributed by atoms with Crippen molar-refractivity contribution in [3.8, 4) is 5.75 Å². The molecule has 1 aromatic heterocycles. The van der Waals surface area contributed by atoms with Crippen LogP contribution < -0.4 is 4.74 Å². The van der Waals surface area contributed by atoms with Crippen LogP contribution in [0.25, 0.3) is 10.9 Å². The van der Waals surface area contributed by atoms with E-state index in [4.69, 9.17) is 9.52 Å².